The Morgan fingerprint density at radius 1 is 1.35 bits per heavy atom. The molecule has 0 aromatic heterocycles. The summed E-state index contributed by atoms with van der Waals surface area (Å²) in [4.78, 5) is 11.8. The van der Waals surface area contributed by atoms with Crippen LogP contribution in [0.1, 0.15) is 19.4 Å². The molecule has 1 unspecified atom stereocenters. The molecule has 0 bridgehead atoms. The summed E-state index contributed by atoms with van der Waals surface area (Å²) in [6.45, 7) is 2.72. The molecular weight excluding hydrogens is 244 g/mol. The summed E-state index contributed by atoms with van der Waals surface area (Å²) in [6.07, 6.45) is 0. The Labute approximate surface area is 100 Å². The van der Waals surface area contributed by atoms with E-state index in [4.69, 9.17) is 4.74 Å². The van der Waals surface area contributed by atoms with Gasteiger partial charge in [0.05, 0.1) is 6.61 Å². The summed E-state index contributed by atoms with van der Waals surface area (Å²) in [5, 5.41) is 0. The predicted octanol–water partition coefficient (Wildman–Crippen LogP) is 1.35. The fourth-order valence-corrected chi connectivity index (χ4v) is 2.10. The molecule has 0 amide bonds. The Morgan fingerprint density at radius 3 is 2.29 bits per heavy atom. The van der Waals surface area contributed by atoms with Crippen molar-refractivity contribution in [2.24, 2.45) is 0 Å². The number of hydrogen-bond donors (Lipinski definition) is 1. The molecule has 94 valence electrons. The lowest BCUT2D eigenvalue weighted by Gasteiger charge is -2.24. The molecule has 1 aromatic carbocycles. The summed E-state index contributed by atoms with van der Waals surface area (Å²) in [5.41, 5.74) is 0.168. The maximum atomic E-state index is 11.8. The van der Waals surface area contributed by atoms with Crippen LogP contribution in [0.2, 0.25) is 0 Å². The van der Waals surface area contributed by atoms with Crippen LogP contribution >= 0.6 is 0 Å². The monoisotopic (exact) mass is 258 g/mol. The summed E-state index contributed by atoms with van der Waals surface area (Å²) in [7, 11) is -4.61. The third-order valence-corrected chi connectivity index (χ3v) is 3.94. The summed E-state index contributed by atoms with van der Waals surface area (Å²) >= 11 is 0. The average Bonchev–Trinajstić information content (AvgIpc) is 2.28. The number of esters is 1. The molecule has 0 spiro atoms. The van der Waals surface area contributed by atoms with Gasteiger partial charge >= 0.3 is 5.97 Å². The van der Waals surface area contributed by atoms with Gasteiger partial charge in [0, 0.05) is 0 Å². The van der Waals surface area contributed by atoms with Gasteiger partial charge in [-0.05, 0) is 19.4 Å². The molecule has 1 rings (SSSR count). The minimum atomic E-state index is -4.61. The summed E-state index contributed by atoms with van der Waals surface area (Å²) < 4.78 is 34.7. The first-order chi connectivity index (χ1) is 7.84. The van der Waals surface area contributed by atoms with E-state index in [9.17, 15) is 17.8 Å². The molecule has 6 heteroatoms. The second-order valence-corrected chi connectivity index (χ2v) is 5.36. The largest absolute Gasteiger partial charge is 0.464 e. The quantitative estimate of drug-likeness (QED) is 0.651. The highest BCUT2D eigenvalue weighted by Crippen LogP contribution is 2.30. The van der Waals surface area contributed by atoms with Gasteiger partial charge < -0.3 is 4.74 Å². The van der Waals surface area contributed by atoms with E-state index in [1.807, 2.05) is 0 Å². The Hall–Kier alpha value is -1.40. The van der Waals surface area contributed by atoms with Crippen molar-refractivity contribution in [1.29, 1.82) is 0 Å². The first-order valence-electron chi connectivity index (χ1n) is 5.03. The van der Waals surface area contributed by atoms with Crippen LogP contribution < -0.4 is 0 Å². The van der Waals surface area contributed by atoms with E-state index in [1.165, 1.54) is 12.1 Å². The molecule has 1 aromatic rings. The minimum Gasteiger partial charge on any atom is -0.464 e. The van der Waals surface area contributed by atoms with E-state index < -0.39 is 20.8 Å². The van der Waals surface area contributed by atoms with Gasteiger partial charge in [0.2, 0.25) is 4.75 Å². The predicted molar refractivity (Wildman–Crippen MR) is 62.0 cm³/mol. The van der Waals surface area contributed by atoms with Crippen LogP contribution in [0, 0.1) is 0 Å². The smallest absolute Gasteiger partial charge is 0.334 e. The van der Waals surface area contributed by atoms with Crippen LogP contribution in [0.25, 0.3) is 0 Å². The number of benzene rings is 1. The van der Waals surface area contributed by atoms with Crippen molar-refractivity contribution in [3.63, 3.8) is 0 Å². The van der Waals surface area contributed by atoms with E-state index in [0.717, 1.165) is 6.92 Å². The van der Waals surface area contributed by atoms with Crippen LogP contribution in [0.3, 0.4) is 0 Å². The SMILES string of the molecule is CCOC(=O)C(C)(c1ccccc1)S(=O)(=O)O. The second-order valence-electron chi connectivity index (χ2n) is 3.59. The molecule has 0 saturated heterocycles. The fraction of sp³-hybridized carbons (Fsp3) is 0.364. The highest BCUT2D eigenvalue weighted by atomic mass is 32.2. The number of hydrogen-bond acceptors (Lipinski definition) is 4. The first kappa shape index (κ1) is 13.7. The highest BCUT2D eigenvalue weighted by Gasteiger charge is 2.48. The van der Waals surface area contributed by atoms with E-state index >= 15 is 0 Å². The molecule has 0 aliphatic carbocycles. The molecule has 0 fully saturated rings. The highest BCUT2D eigenvalue weighted by molar-refractivity contribution is 7.87. The van der Waals surface area contributed by atoms with Crippen LogP contribution in [-0.4, -0.2) is 25.5 Å². The van der Waals surface area contributed by atoms with Gasteiger partial charge in [0.1, 0.15) is 0 Å². The number of carbonyl (C=O) groups is 1. The zero-order valence-corrected chi connectivity index (χ0v) is 10.4. The molecule has 0 radical (unpaired) electrons. The van der Waals surface area contributed by atoms with Gasteiger partial charge in [-0.3, -0.25) is 4.55 Å². The zero-order chi connectivity index (χ0) is 13.1. The van der Waals surface area contributed by atoms with Crippen LogP contribution in [0.4, 0.5) is 0 Å². The molecule has 0 aliphatic heterocycles. The van der Waals surface area contributed by atoms with Crippen molar-refractivity contribution in [2.75, 3.05) is 6.61 Å². The second kappa shape index (κ2) is 4.85. The van der Waals surface area contributed by atoms with Crippen molar-refractivity contribution >= 4 is 16.1 Å². The minimum absolute atomic E-state index is 0.0385. The fourth-order valence-electron chi connectivity index (χ4n) is 1.40. The molecular formula is C11H14O5S. The maximum Gasteiger partial charge on any atom is 0.334 e. The van der Waals surface area contributed by atoms with Crippen molar-refractivity contribution < 1.29 is 22.5 Å². The molecule has 0 aliphatic rings. The summed E-state index contributed by atoms with van der Waals surface area (Å²) in [6, 6.07) is 7.74. The standard InChI is InChI=1S/C11H14O5S/c1-3-16-10(12)11(2,17(13,14)15)9-7-5-4-6-8-9/h4-8H,3H2,1-2H3,(H,13,14,15). The Balaban J connectivity index is 3.37. The van der Waals surface area contributed by atoms with E-state index in [2.05, 4.69) is 0 Å². The topological polar surface area (TPSA) is 80.7 Å². The summed E-state index contributed by atoms with van der Waals surface area (Å²) in [5.74, 6) is -0.992. The Kier molecular flexibility index (Phi) is 3.90. The lowest BCUT2D eigenvalue weighted by molar-refractivity contribution is -0.146. The Bertz CT molecular complexity index is 494. The zero-order valence-electron chi connectivity index (χ0n) is 9.58. The third kappa shape index (κ3) is 2.48. The molecule has 1 atom stereocenters. The molecule has 0 heterocycles. The van der Waals surface area contributed by atoms with E-state index in [-0.39, 0.29) is 12.2 Å². The average molecular weight is 258 g/mol. The van der Waals surface area contributed by atoms with Gasteiger partial charge in [-0.25, -0.2) is 4.79 Å². The number of carbonyl (C=O) groups excluding carboxylic acids is 1. The van der Waals surface area contributed by atoms with E-state index in [0.29, 0.717) is 0 Å². The van der Waals surface area contributed by atoms with Gasteiger partial charge in [0.25, 0.3) is 10.1 Å². The van der Waals surface area contributed by atoms with Crippen molar-refractivity contribution in [1.82, 2.24) is 0 Å². The van der Waals surface area contributed by atoms with Crippen molar-refractivity contribution in [3.05, 3.63) is 35.9 Å². The number of ether oxygens (including phenoxy) is 1. The Morgan fingerprint density at radius 2 is 1.88 bits per heavy atom. The van der Waals surface area contributed by atoms with Crippen molar-refractivity contribution in [2.45, 2.75) is 18.6 Å². The third-order valence-electron chi connectivity index (χ3n) is 2.51. The van der Waals surface area contributed by atoms with E-state index in [1.54, 1.807) is 25.1 Å². The van der Waals surface area contributed by atoms with Crippen LogP contribution in [0.5, 0.6) is 0 Å². The van der Waals surface area contributed by atoms with Gasteiger partial charge in [0.15, 0.2) is 0 Å². The first-order valence-corrected chi connectivity index (χ1v) is 6.47. The lowest BCUT2D eigenvalue weighted by Crippen LogP contribution is -2.41. The van der Waals surface area contributed by atoms with Gasteiger partial charge in [-0.1, -0.05) is 30.3 Å². The van der Waals surface area contributed by atoms with Gasteiger partial charge in [-0.15, -0.1) is 0 Å². The lowest BCUT2D eigenvalue weighted by atomic mass is 10.0. The van der Waals surface area contributed by atoms with Crippen molar-refractivity contribution in [3.8, 4) is 0 Å². The molecule has 1 N–H and O–H groups in total. The number of rotatable bonds is 4. The molecule has 17 heavy (non-hydrogen) atoms. The van der Waals surface area contributed by atoms with Crippen LogP contribution in [-0.2, 0) is 24.4 Å². The van der Waals surface area contributed by atoms with Gasteiger partial charge in [-0.2, -0.15) is 8.42 Å². The normalized spacial score (nSPS) is 15.0. The molecule has 5 nitrogen and oxygen atoms in total. The maximum absolute atomic E-state index is 11.8. The molecule has 0 saturated carbocycles. The van der Waals surface area contributed by atoms with Crippen LogP contribution in [0.15, 0.2) is 30.3 Å².